The molecule has 1 aliphatic heterocycles. The minimum Gasteiger partial charge on any atom is -0.497 e. The van der Waals surface area contributed by atoms with Crippen LogP contribution in [0, 0.1) is 17.1 Å². The second-order valence-corrected chi connectivity index (χ2v) is 6.76. The molecule has 31 heavy (non-hydrogen) atoms. The smallest absolute Gasteiger partial charge is 0.343 e. The zero-order valence-electron chi connectivity index (χ0n) is 16.5. The number of nitriles is 1. The highest BCUT2D eigenvalue weighted by Gasteiger charge is 2.32. The molecular weight excluding hydrogens is 399 g/mol. The topological polar surface area (TPSA) is 94.6 Å². The Bertz CT molecular complexity index is 1230. The van der Waals surface area contributed by atoms with Crippen LogP contribution in [-0.2, 0) is 0 Å². The Morgan fingerprint density at radius 1 is 1.06 bits per heavy atom. The van der Waals surface area contributed by atoms with Gasteiger partial charge in [-0.3, -0.25) is 0 Å². The first-order valence-electron chi connectivity index (χ1n) is 9.34. The van der Waals surface area contributed by atoms with Crippen molar-refractivity contribution in [3.05, 3.63) is 101 Å². The van der Waals surface area contributed by atoms with Gasteiger partial charge in [-0.2, -0.15) is 5.26 Å². The fourth-order valence-electron chi connectivity index (χ4n) is 3.42. The molecule has 4 rings (SSSR count). The van der Waals surface area contributed by atoms with E-state index in [1.165, 1.54) is 19.2 Å². The van der Waals surface area contributed by atoms with Crippen LogP contribution in [0.2, 0.25) is 0 Å². The molecule has 0 amide bonds. The molecule has 1 heterocycles. The molecule has 7 heteroatoms. The zero-order chi connectivity index (χ0) is 22.0. The second kappa shape index (κ2) is 8.20. The lowest BCUT2D eigenvalue weighted by atomic mass is 9.83. The van der Waals surface area contributed by atoms with Gasteiger partial charge >= 0.3 is 5.97 Å². The van der Waals surface area contributed by atoms with E-state index in [9.17, 15) is 14.4 Å². The molecule has 3 aromatic rings. The lowest BCUT2D eigenvalue weighted by molar-refractivity contribution is 0.0734. The summed E-state index contributed by atoms with van der Waals surface area (Å²) in [5.74, 6) is -0.761. The van der Waals surface area contributed by atoms with Gasteiger partial charge < -0.3 is 19.9 Å². The maximum absolute atomic E-state index is 14.5. The predicted octanol–water partition coefficient (Wildman–Crippen LogP) is 4.27. The third-order valence-corrected chi connectivity index (χ3v) is 4.94. The van der Waals surface area contributed by atoms with E-state index in [4.69, 9.17) is 19.9 Å². The lowest BCUT2D eigenvalue weighted by Gasteiger charge is -2.27. The van der Waals surface area contributed by atoms with E-state index in [0.29, 0.717) is 22.4 Å². The number of allylic oxidation sites excluding steroid dienone is 1. The number of carbonyl (C=O) groups excluding carboxylic acids is 1. The minimum atomic E-state index is -0.735. The van der Waals surface area contributed by atoms with Crippen LogP contribution in [0.25, 0.3) is 0 Å². The quantitative estimate of drug-likeness (QED) is 0.504. The summed E-state index contributed by atoms with van der Waals surface area (Å²) in [5.41, 5.74) is 7.24. The maximum Gasteiger partial charge on any atom is 0.343 e. The molecule has 154 valence electrons. The molecule has 2 N–H and O–H groups in total. The van der Waals surface area contributed by atoms with Gasteiger partial charge in [-0.15, -0.1) is 0 Å². The van der Waals surface area contributed by atoms with Crippen LogP contribution in [0.15, 0.2) is 78.2 Å². The molecule has 6 nitrogen and oxygen atoms in total. The Morgan fingerprint density at radius 3 is 2.45 bits per heavy atom. The Balaban J connectivity index is 1.67. The Morgan fingerprint density at radius 2 is 1.77 bits per heavy atom. The number of ether oxygens (including phenoxy) is 3. The van der Waals surface area contributed by atoms with E-state index in [0.717, 1.165) is 0 Å². The average Bonchev–Trinajstić information content (AvgIpc) is 2.78. The van der Waals surface area contributed by atoms with Crippen molar-refractivity contribution in [2.45, 2.75) is 5.92 Å². The van der Waals surface area contributed by atoms with E-state index in [1.807, 2.05) is 6.07 Å². The number of rotatable bonds is 4. The molecular formula is C24H17FN2O4. The lowest BCUT2D eigenvalue weighted by Crippen LogP contribution is -2.21. The first-order chi connectivity index (χ1) is 15.0. The number of hydrogen-bond donors (Lipinski definition) is 1. The molecule has 0 saturated heterocycles. The summed E-state index contributed by atoms with van der Waals surface area (Å²) in [6.45, 7) is 0. The predicted molar refractivity (Wildman–Crippen MR) is 110 cm³/mol. The Hall–Kier alpha value is -4.31. The molecule has 3 aromatic carbocycles. The van der Waals surface area contributed by atoms with Crippen molar-refractivity contribution < 1.29 is 23.4 Å². The van der Waals surface area contributed by atoms with Gasteiger partial charge in [0, 0.05) is 17.2 Å². The number of esters is 1. The van der Waals surface area contributed by atoms with Crippen LogP contribution in [0.1, 0.15) is 27.4 Å². The summed E-state index contributed by atoms with van der Waals surface area (Å²) in [7, 11) is 1.53. The first-order valence-corrected chi connectivity index (χ1v) is 9.34. The molecule has 0 fully saturated rings. The number of nitrogens with two attached hydrogens (primary N) is 1. The third-order valence-electron chi connectivity index (χ3n) is 4.94. The molecule has 0 aliphatic carbocycles. The number of benzene rings is 3. The fraction of sp³-hybridized carbons (Fsp3) is 0.0833. The summed E-state index contributed by atoms with van der Waals surface area (Å²) >= 11 is 0. The molecule has 1 aliphatic rings. The number of methoxy groups -OCH3 is 1. The number of carbonyl (C=O) groups is 1. The Kier molecular flexibility index (Phi) is 5.29. The van der Waals surface area contributed by atoms with E-state index in [1.54, 1.807) is 54.6 Å². The third kappa shape index (κ3) is 3.79. The van der Waals surface area contributed by atoms with Crippen molar-refractivity contribution in [3.8, 4) is 23.3 Å². The van der Waals surface area contributed by atoms with Crippen molar-refractivity contribution in [3.63, 3.8) is 0 Å². The van der Waals surface area contributed by atoms with E-state index in [-0.39, 0.29) is 23.0 Å². The largest absolute Gasteiger partial charge is 0.497 e. The summed E-state index contributed by atoms with van der Waals surface area (Å²) in [4.78, 5) is 12.4. The summed E-state index contributed by atoms with van der Waals surface area (Å²) in [6.07, 6.45) is 0. The van der Waals surface area contributed by atoms with Gasteiger partial charge in [-0.05, 0) is 36.4 Å². The standard InChI is InChI=1S/C24H17FN2O4/c1-29-15-8-6-14(7-9-15)24(28)30-16-10-11-18-21(12-16)31-23(27)19(13-26)22(18)17-4-2-3-5-20(17)25/h2-12,22H,27H2,1H3. The van der Waals surface area contributed by atoms with Crippen LogP contribution >= 0.6 is 0 Å². The molecule has 1 atom stereocenters. The van der Waals surface area contributed by atoms with Gasteiger partial charge in [-0.25, -0.2) is 9.18 Å². The van der Waals surface area contributed by atoms with Gasteiger partial charge in [0.25, 0.3) is 0 Å². The number of fused-ring (bicyclic) bond motifs is 1. The van der Waals surface area contributed by atoms with Crippen molar-refractivity contribution in [2.24, 2.45) is 5.73 Å². The highest BCUT2D eigenvalue weighted by molar-refractivity contribution is 5.91. The van der Waals surface area contributed by atoms with Gasteiger partial charge in [0.2, 0.25) is 5.88 Å². The van der Waals surface area contributed by atoms with Crippen LogP contribution in [0.4, 0.5) is 4.39 Å². The van der Waals surface area contributed by atoms with Crippen LogP contribution < -0.4 is 19.9 Å². The van der Waals surface area contributed by atoms with Crippen LogP contribution in [0.5, 0.6) is 17.2 Å². The maximum atomic E-state index is 14.5. The highest BCUT2D eigenvalue weighted by Crippen LogP contribution is 2.44. The summed E-state index contributed by atoms with van der Waals surface area (Å²) in [6, 6.07) is 19.4. The highest BCUT2D eigenvalue weighted by atomic mass is 19.1. The average molecular weight is 416 g/mol. The van der Waals surface area contributed by atoms with Gasteiger partial charge in [0.15, 0.2) is 0 Å². The summed E-state index contributed by atoms with van der Waals surface area (Å²) < 4.78 is 30.6. The normalized spacial score (nSPS) is 14.8. The van der Waals surface area contributed by atoms with Crippen molar-refractivity contribution in [2.75, 3.05) is 7.11 Å². The summed E-state index contributed by atoms with van der Waals surface area (Å²) in [5, 5.41) is 9.58. The van der Waals surface area contributed by atoms with E-state index in [2.05, 4.69) is 0 Å². The van der Waals surface area contributed by atoms with E-state index < -0.39 is 17.7 Å². The van der Waals surface area contributed by atoms with Gasteiger partial charge in [0.1, 0.15) is 34.7 Å². The number of hydrogen-bond acceptors (Lipinski definition) is 6. The monoisotopic (exact) mass is 416 g/mol. The second-order valence-electron chi connectivity index (χ2n) is 6.76. The van der Waals surface area contributed by atoms with Crippen LogP contribution in [0.3, 0.4) is 0 Å². The number of nitrogens with zero attached hydrogens (tertiary/aromatic N) is 1. The van der Waals surface area contributed by atoms with E-state index >= 15 is 0 Å². The fourth-order valence-corrected chi connectivity index (χ4v) is 3.42. The molecule has 1 unspecified atom stereocenters. The van der Waals surface area contributed by atoms with Crippen LogP contribution in [-0.4, -0.2) is 13.1 Å². The van der Waals surface area contributed by atoms with Gasteiger partial charge in [-0.1, -0.05) is 24.3 Å². The molecule has 0 saturated carbocycles. The van der Waals surface area contributed by atoms with Crippen molar-refractivity contribution >= 4 is 5.97 Å². The SMILES string of the molecule is COc1ccc(C(=O)Oc2ccc3c(c2)OC(N)=C(C#N)C3c2ccccc2F)cc1. The van der Waals surface area contributed by atoms with Crippen molar-refractivity contribution in [1.82, 2.24) is 0 Å². The van der Waals surface area contributed by atoms with Crippen molar-refractivity contribution in [1.29, 1.82) is 5.26 Å². The minimum absolute atomic E-state index is 0.112. The molecule has 0 radical (unpaired) electrons. The molecule has 0 spiro atoms. The number of halogens is 1. The zero-order valence-corrected chi connectivity index (χ0v) is 16.5. The first kappa shape index (κ1) is 20.0. The molecule has 0 aromatic heterocycles. The van der Waals surface area contributed by atoms with Gasteiger partial charge in [0.05, 0.1) is 18.6 Å². The Labute approximate surface area is 177 Å². The molecule has 0 bridgehead atoms.